The Hall–Kier alpha value is -2.90. The fraction of sp³-hybridized carbons (Fsp3) is 0.167. The second kappa shape index (κ2) is 6.32. The second-order valence-electron chi connectivity index (χ2n) is 3.87. The predicted molar refractivity (Wildman–Crippen MR) is 70.1 cm³/mol. The Bertz CT molecular complexity index is 597. The molecule has 0 unspecified atom stereocenters. The number of aromatic nitrogens is 3. The van der Waals surface area contributed by atoms with E-state index in [4.69, 9.17) is 10.5 Å². The van der Waals surface area contributed by atoms with Gasteiger partial charge in [-0.2, -0.15) is 15.4 Å². The molecule has 0 atom stereocenters. The lowest BCUT2D eigenvalue weighted by atomic mass is 10.3. The van der Waals surface area contributed by atoms with Crippen LogP contribution in [0.2, 0.25) is 0 Å². The summed E-state index contributed by atoms with van der Waals surface area (Å²) in [4.78, 5) is 22.5. The van der Waals surface area contributed by atoms with Crippen molar-refractivity contribution < 1.29 is 14.3 Å². The molecule has 0 aliphatic rings. The van der Waals surface area contributed by atoms with Crippen LogP contribution in [-0.4, -0.2) is 33.8 Å². The van der Waals surface area contributed by atoms with Crippen molar-refractivity contribution in [2.24, 2.45) is 5.73 Å². The molecule has 0 aliphatic heterocycles. The Morgan fingerprint density at radius 2 is 2.15 bits per heavy atom. The first kappa shape index (κ1) is 13.5. The van der Waals surface area contributed by atoms with E-state index >= 15 is 0 Å². The van der Waals surface area contributed by atoms with Crippen LogP contribution in [0.1, 0.15) is 16.9 Å². The fourth-order valence-electron chi connectivity index (χ4n) is 1.45. The van der Waals surface area contributed by atoms with E-state index in [0.29, 0.717) is 11.4 Å². The Labute approximate surface area is 114 Å². The Balaban J connectivity index is 2.04. The Morgan fingerprint density at radius 3 is 2.85 bits per heavy atom. The van der Waals surface area contributed by atoms with Crippen LogP contribution in [-0.2, 0) is 4.79 Å². The summed E-state index contributed by atoms with van der Waals surface area (Å²) in [5.41, 5.74) is 5.67. The number of ether oxygens (including phenoxy) is 1. The zero-order valence-electron chi connectivity index (χ0n) is 10.5. The lowest BCUT2D eigenvalue weighted by Gasteiger charge is -2.11. The molecule has 1 heterocycles. The van der Waals surface area contributed by atoms with Crippen LogP contribution in [0.4, 0.5) is 5.69 Å². The van der Waals surface area contributed by atoms with Crippen molar-refractivity contribution in [3.05, 3.63) is 36.2 Å². The number of benzene rings is 1. The maximum atomic E-state index is 11.8. The number of hydrogen-bond acceptors (Lipinski definition) is 5. The van der Waals surface area contributed by atoms with E-state index < -0.39 is 11.8 Å². The number of primary amides is 1. The summed E-state index contributed by atoms with van der Waals surface area (Å²) in [6.45, 7) is 0.145. The molecule has 0 aliphatic carbocycles. The molecule has 0 radical (unpaired) electrons. The predicted octanol–water partition coefficient (Wildman–Crippen LogP) is 0.311. The monoisotopic (exact) mass is 275 g/mol. The van der Waals surface area contributed by atoms with Gasteiger partial charge in [0.2, 0.25) is 5.91 Å². The van der Waals surface area contributed by atoms with Crippen molar-refractivity contribution in [2.45, 2.75) is 6.42 Å². The minimum absolute atomic E-state index is 0.103. The summed E-state index contributed by atoms with van der Waals surface area (Å²) in [7, 11) is 0. The number of rotatable bonds is 6. The third kappa shape index (κ3) is 3.55. The third-order valence-electron chi connectivity index (χ3n) is 2.39. The molecule has 2 aromatic rings. The molecule has 104 valence electrons. The number of H-pyrrole nitrogens is 1. The zero-order valence-corrected chi connectivity index (χ0v) is 10.5. The molecule has 8 nitrogen and oxygen atoms in total. The minimum Gasteiger partial charge on any atom is -0.491 e. The van der Waals surface area contributed by atoms with Crippen LogP contribution in [0.5, 0.6) is 5.75 Å². The van der Waals surface area contributed by atoms with E-state index in [1.807, 2.05) is 0 Å². The normalized spacial score (nSPS) is 10.0. The van der Waals surface area contributed by atoms with Crippen LogP contribution in [0.25, 0.3) is 0 Å². The van der Waals surface area contributed by atoms with E-state index in [9.17, 15) is 9.59 Å². The smallest absolute Gasteiger partial charge is 0.277 e. The lowest BCUT2D eigenvalue weighted by Crippen LogP contribution is -2.16. The first-order chi connectivity index (χ1) is 9.66. The molecule has 0 bridgehead atoms. The third-order valence-corrected chi connectivity index (χ3v) is 2.39. The van der Waals surface area contributed by atoms with Crippen molar-refractivity contribution in [1.82, 2.24) is 15.4 Å². The number of amides is 2. The Kier molecular flexibility index (Phi) is 4.28. The molecule has 2 amide bonds. The number of aromatic amines is 1. The van der Waals surface area contributed by atoms with Gasteiger partial charge in [0, 0.05) is 0 Å². The standard InChI is InChI=1S/C12H13N5O3/c13-11(18)5-6-20-10-4-2-1-3-8(10)15-12(19)9-7-14-17-16-9/h1-4,7H,5-6H2,(H2,13,18)(H,15,19)(H,14,16,17). The van der Waals surface area contributed by atoms with Gasteiger partial charge in [-0.15, -0.1) is 0 Å². The summed E-state index contributed by atoms with van der Waals surface area (Å²) < 4.78 is 5.41. The summed E-state index contributed by atoms with van der Waals surface area (Å²) in [5.74, 6) is -0.413. The maximum absolute atomic E-state index is 11.8. The number of para-hydroxylation sites is 2. The number of anilines is 1. The molecular formula is C12H13N5O3. The molecule has 1 aromatic heterocycles. The van der Waals surface area contributed by atoms with Gasteiger partial charge < -0.3 is 15.8 Å². The average molecular weight is 275 g/mol. The van der Waals surface area contributed by atoms with Crippen LogP contribution >= 0.6 is 0 Å². The number of carbonyl (C=O) groups excluding carboxylic acids is 2. The Morgan fingerprint density at radius 1 is 1.35 bits per heavy atom. The first-order valence-electron chi connectivity index (χ1n) is 5.84. The molecule has 8 heteroatoms. The number of nitrogens with zero attached hydrogens (tertiary/aromatic N) is 2. The van der Waals surface area contributed by atoms with Crippen molar-refractivity contribution in [1.29, 1.82) is 0 Å². The maximum Gasteiger partial charge on any atom is 0.277 e. The van der Waals surface area contributed by atoms with Gasteiger partial charge in [-0.25, -0.2) is 0 Å². The van der Waals surface area contributed by atoms with Gasteiger partial charge in [0.15, 0.2) is 5.69 Å². The van der Waals surface area contributed by atoms with Crippen molar-refractivity contribution >= 4 is 17.5 Å². The highest BCUT2D eigenvalue weighted by molar-refractivity contribution is 6.03. The number of nitrogens with one attached hydrogen (secondary N) is 2. The molecule has 1 aromatic carbocycles. The summed E-state index contributed by atoms with van der Waals surface area (Å²) >= 11 is 0. The van der Waals surface area contributed by atoms with Gasteiger partial charge in [0.1, 0.15) is 5.75 Å². The van der Waals surface area contributed by atoms with Crippen LogP contribution in [0.15, 0.2) is 30.5 Å². The molecule has 2 rings (SSSR count). The second-order valence-corrected chi connectivity index (χ2v) is 3.87. The van der Waals surface area contributed by atoms with Crippen LogP contribution in [0.3, 0.4) is 0 Å². The van der Waals surface area contributed by atoms with Gasteiger partial charge in [-0.3, -0.25) is 9.59 Å². The van der Waals surface area contributed by atoms with E-state index in [-0.39, 0.29) is 18.7 Å². The number of nitrogens with two attached hydrogens (primary N) is 1. The SMILES string of the molecule is NC(=O)CCOc1ccccc1NC(=O)c1cn[nH]n1. The highest BCUT2D eigenvalue weighted by atomic mass is 16.5. The quantitative estimate of drug-likeness (QED) is 0.700. The highest BCUT2D eigenvalue weighted by Crippen LogP contribution is 2.24. The molecule has 0 saturated heterocycles. The average Bonchev–Trinajstić information content (AvgIpc) is 2.94. The van der Waals surface area contributed by atoms with E-state index in [1.165, 1.54) is 6.20 Å². The van der Waals surface area contributed by atoms with Crippen LogP contribution < -0.4 is 15.8 Å². The molecule has 20 heavy (non-hydrogen) atoms. The molecule has 0 spiro atoms. The summed E-state index contributed by atoms with van der Waals surface area (Å²) in [5, 5.41) is 12.2. The minimum atomic E-state index is -0.450. The topological polar surface area (TPSA) is 123 Å². The first-order valence-corrected chi connectivity index (χ1v) is 5.84. The largest absolute Gasteiger partial charge is 0.491 e. The van der Waals surface area contributed by atoms with E-state index in [1.54, 1.807) is 24.3 Å². The number of carbonyl (C=O) groups is 2. The van der Waals surface area contributed by atoms with Crippen molar-refractivity contribution in [3.8, 4) is 5.75 Å². The van der Waals surface area contributed by atoms with Gasteiger partial charge in [-0.05, 0) is 12.1 Å². The van der Waals surface area contributed by atoms with Gasteiger partial charge in [0.05, 0.1) is 24.9 Å². The molecular weight excluding hydrogens is 262 g/mol. The molecule has 0 fully saturated rings. The van der Waals surface area contributed by atoms with Gasteiger partial charge in [-0.1, -0.05) is 12.1 Å². The summed E-state index contributed by atoms with van der Waals surface area (Å²) in [6, 6.07) is 6.86. The highest BCUT2D eigenvalue weighted by Gasteiger charge is 2.11. The van der Waals surface area contributed by atoms with Crippen molar-refractivity contribution in [2.75, 3.05) is 11.9 Å². The number of hydrogen-bond donors (Lipinski definition) is 3. The zero-order chi connectivity index (χ0) is 14.4. The van der Waals surface area contributed by atoms with Gasteiger partial charge in [0.25, 0.3) is 5.91 Å². The fourth-order valence-corrected chi connectivity index (χ4v) is 1.45. The van der Waals surface area contributed by atoms with Crippen LogP contribution in [0, 0.1) is 0 Å². The van der Waals surface area contributed by atoms with E-state index in [0.717, 1.165) is 0 Å². The summed E-state index contributed by atoms with van der Waals surface area (Å²) in [6.07, 6.45) is 1.41. The van der Waals surface area contributed by atoms with Gasteiger partial charge >= 0.3 is 0 Å². The van der Waals surface area contributed by atoms with Crippen molar-refractivity contribution in [3.63, 3.8) is 0 Å². The van der Waals surface area contributed by atoms with E-state index in [2.05, 4.69) is 20.7 Å². The lowest BCUT2D eigenvalue weighted by molar-refractivity contribution is -0.118. The molecule has 4 N–H and O–H groups in total. The molecule has 0 saturated carbocycles.